The number of para-hydroxylation sites is 1. The van der Waals surface area contributed by atoms with Crippen molar-refractivity contribution in [1.29, 1.82) is 0 Å². The summed E-state index contributed by atoms with van der Waals surface area (Å²) in [6.07, 6.45) is 0. The molecular formula is C21H17N3OS. The molecule has 3 aromatic carbocycles. The van der Waals surface area contributed by atoms with Gasteiger partial charge in [0.2, 0.25) is 5.91 Å². The maximum atomic E-state index is 11.4. The molecular weight excluding hydrogens is 342 g/mol. The number of thiazole rings is 1. The second kappa shape index (κ2) is 6.98. The second-order valence-corrected chi connectivity index (χ2v) is 6.96. The van der Waals surface area contributed by atoms with Crippen LogP contribution >= 0.6 is 11.3 Å². The summed E-state index contributed by atoms with van der Waals surface area (Å²) in [6.45, 7) is 0.691. The molecule has 5 heteroatoms. The molecule has 26 heavy (non-hydrogen) atoms. The van der Waals surface area contributed by atoms with Gasteiger partial charge in [0.1, 0.15) is 0 Å². The van der Waals surface area contributed by atoms with Gasteiger partial charge in [-0.3, -0.25) is 4.79 Å². The summed E-state index contributed by atoms with van der Waals surface area (Å²) in [5.41, 5.74) is 9.00. The minimum Gasteiger partial charge on any atom is -0.366 e. The molecule has 0 bridgehead atoms. The number of carbonyl (C=O) groups is 1. The number of benzene rings is 3. The first-order valence-corrected chi connectivity index (χ1v) is 9.09. The predicted molar refractivity (Wildman–Crippen MR) is 107 cm³/mol. The molecule has 2 N–H and O–H groups in total. The lowest BCUT2D eigenvalue weighted by Gasteiger charge is -2.22. The SMILES string of the molecule is NC(=O)c1ccc(N(Cc2ccccc2)c2nc3ccccc3s2)cc1. The van der Waals surface area contributed by atoms with Crippen LogP contribution in [-0.2, 0) is 6.54 Å². The molecule has 0 radical (unpaired) electrons. The summed E-state index contributed by atoms with van der Waals surface area (Å²) in [5.74, 6) is -0.425. The van der Waals surface area contributed by atoms with Crippen LogP contribution in [0.5, 0.6) is 0 Å². The lowest BCUT2D eigenvalue weighted by Crippen LogP contribution is -2.17. The zero-order valence-electron chi connectivity index (χ0n) is 14.0. The number of nitrogens with zero attached hydrogens (tertiary/aromatic N) is 2. The minimum absolute atomic E-state index is 0.425. The smallest absolute Gasteiger partial charge is 0.248 e. The van der Waals surface area contributed by atoms with Gasteiger partial charge in [0.05, 0.1) is 16.8 Å². The van der Waals surface area contributed by atoms with E-state index in [0.717, 1.165) is 21.0 Å². The summed E-state index contributed by atoms with van der Waals surface area (Å²) in [5, 5.41) is 0.918. The summed E-state index contributed by atoms with van der Waals surface area (Å²) in [7, 11) is 0. The molecule has 0 saturated carbocycles. The van der Waals surface area contributed by atoms with Gasteiger partial charge in [-0.1, -0.05) is 53.8 Å². The Morgan fingerprint density at radius 3 is 2.31 bits per heavy atom. The fourth-order valence-electron chi connectivity index (χ4n) is 2.82. The third-order valence-corrected chi connectivity index (χ3v) is 5.22. The number of hydrogen-bond donors (Lipinski definition) is 1. The van der Waals surface area contributed by atoms with Gasteiger partial charge in [-0.2, -0.15) is 0 Å². The Morgan fingerprint density at radius 1 is 0.923 bits per heavy atom. The normalized spacial score (nSPS) is 10.8. The molecule has 0 aliphatic carbocycles. The first kappa shape index (κ1) is 16.3. The van der Waals surface area contributed by atoms with E-state index in [1.54, 1.807) is 23.5 Å². The van der Waals surface area contributed by atoms with Crippen molar-refractivity contribution >= 4 is 38.3 Å². The quantitative estimate of drug-likeness (QED) is 0.560. The van der Waals surface area contributed by atoms with Crippen LogP contribution < -0.4 is 10.6 Å². The first-order chi connectivity index (χ1) is 12.7. The van der Waals surface area contributed by atoms with E-state index in [9.17, 15) is 4.79 Å². The summed E-state index contributed by atoms with van der Waals surface area (Å²) >= 11 is 1.65. The number of primary amides is 1. The van der Waals surface area contributed by atoms with Gasteiger partial charge in [-0.25, -0.2) is 4.98 Å². The third kappa shape index (κ3) is 3.30. The number of fused-ring (bicyclic) bond motifs is 1. The zero-order chi connectivity index (χ0) is 17.9. The minimum atomic E-state index is -0.425. The fourth-order valence-corrected chi connectivity index (χ4v) is 3.80. The molecule has 0 fully saturated rings. The lowest BCUT2D eigenvalue weighted by molar-refractivity contribution is 0.100. The van der Waals surface area contributed by atoms with E-state index in [1.807, 2.05) is 48.5 Å². The molecule has 0 aliphatic rings. The number of amides is 1. The van der Waals surface area contributed by atoms with E-state index in [1.165, 1.54) is 5.56 Å². The van der Waals surface area contributed by atoms with Gasteiger partial charge < -0.3 is 10.6 Å². The van der Waals surface area contributed by atoms with E-state index >= 15 is 0 Å². The number of nitrogens with two attached hydrogens (primary N) is 1. The van der Waals surface area contributed by atoms with Gasteiger partial charge in [-0.15, -0.1) is 0 Å². The van der Waals surface area contributed by atoms with Crippen molar-refractivity contribution in [3.8, 4) is 0 Å². The molecule has 0 unspecified atom stereocenters. The first-order valence-electron chi connectivity index (χ1n) is 8.27. The fraction of sp³-hybridized carbons (Fsp3) is 0.0476. The average Bonchev–Trinajstić information content (AvgIpc) is 3.11. The van der Waals surface area contributed by atoms with Crippen LogP contribution in [0.25, 0.3) is 10.2 Å². The number of carbonyl (C=O) groups excluding carboxylic acids is 1. The maximum absolute atomic E-state index is 11.4. The number of aromatic nitrogens is 1. The van der Waals surface area contributed by atoms with Crippen LogP contribution in [0.1, 0.15) is 15.9 Å². The Labute approximate surface area is 155 Å². The van der Waals surface area contributed by atoms with Gasteiger partial charge in [-0.05, 0) is 42.0 Å². The van der Waals surface area contributed by atoms with Crippen molar-refractivity contribution in [1.82, 2.24) is 4.98 Å². The Bertz CT molecular complexity index is 1010. The Morgan fingerprint density at radius 2 is 1.62 bits per heavy atom. The molecule has 4 nitrogen and oxygen atoms in total. The maximum Gasteiger partial charge on any atom is 0.248 e. The second-order valence-electron chi connectivity index (χ2n) is 5.95. The van der Waals surface area contributed by atoms with Crippen LogP contribution in [0.15, 0.2) is 78.9 Å². The van der Waals surface area contributed by atoms with Crippen molar-refractivity contribution in [2.75, 3.05) is 4.90 Å². The number of rotatable bonds is 5. The van der Waals surface area contributed by atoms with Crippen molar-refractivity contribution in [2.45, 2.75) is 6.54 Å². The van der Waals surface area contributed by atoms with Gasteiger partial charge >= 0.3 is 0 Å². The molecule has 4 aromatic rings. The third-order valence-electron chi connectivity index (χ3n) is 4.16. The van der Waals surface area contributed by atoms with Crippen molar-refractivity contribution in [2.24, 2.45) is 5.73 Å². The van der Waals surface area contributed by atoms with Crippen LogP contribution in [0, 0.1) is 0 Å². The van der Waals surface area contributed by atoms with Gasteiger partial charge in [0, 0.05) is 11.3 Å². The predicted octanol–water partition coefficient (Wildman–Crippen LogP) is 4.73. The number of anilines is 2. The molecule has 0 aliphatic heterocycles. The molecule has 1 heterocycles. The van der Waals surface area contributed by atoms with Gasteiger partial charge in [0.25, 0.3) is 0 Å². The molecule has 0 saturated heterocycles. The molecule has 1 amide bonds. The topological polar surface area (TPSA) is 59.2 Å². The highest BCUT2D eigenvalue weighted by Gasteiger charge is 2.15. The van der Waals surface area contributed by atoms with E-state index in [-0.39, 0.29) is 0 Å². The summed E-state index contributed by atoms with van der Waals surface area (Å²) in [4.78, 5) is 18.3. The van der Waals surface area contributed by atoms with Crippen molar-refractivity contribution < 1.29 is 4.79 Å². The van der Waals surface area contributed by atoms with Crippen molar-refractivity contribution in [3.05, 3.63) is 90.0 Å². The number of hydrogen-bond acceptors (Lipinski definition) is 4. The van der Waals surface area contributed by atoms with Crippen LogP contribution in [-0.4, -0.2) is 10.9 Å². The zero-order valence-corrected chi connectivity index (χ0v) is 14.8. The standard InChI is InChI=1S/C21H17N3OS/c22-20(25)16-10-12-17(13-11-16)24(14-15-6-2-1-3-7-15)21-23-18-8-4-5-9-19(18)26-21/h1-13H,14H2,(H2,22,25). The monoisotopic (exact) mass is 359 g/mol. The lowest BCUT2D eigenvalue weighted by atomic mass is 10.1. The highest BCUT2D eigenvalue weighted by molar-refractivity contribution is 7.22. The summed E-state index contributed by atoms with van der Waals surface area (Å²) < 4.78 is 1.15. The van der Waals surface area contributed by atoms with E-state index in [0.29, 0.717) is 12.1 Å². The Kier molecular flexibility index (Phi) is 4.37. The van der Waals surface area contributed by atoms with Crippen LogP contribution in [0.3, 0.4) is 0 Å². The van der Waals surface area contributed by atoms with Crippen LogP contribution in [0.2, 0.25) is 0 Å². The molecule has 128 valence electrons. The van der Waals surface area contributed by atoms with E-state index < -0.39 is 5.91 Å². The van der Waals surface area contributed by atoms with Gasteiger partial charge in [0.15, 0.2) is 5.13 Å². The largest absolute Gasteiger partial charge is 0.366 e. The Balaban J connectivity index is 1.76. The molecule has 0 atom stereocenters. The van der Waals surface area contributed by atoms with Crippen LogP contribution in [0.4, 0.5) is 10.8 Å². The highest BCUT2D eigenvalue weighted by atomic mass is 32.1. The molecule has 0 spiro atoms. The summed E-state index contributed by atoms with van der Waals surface area (Å²) in [6, 6.07) is 25.7. The van der Waals surface area contributed by atoms with Crippen molar-refractivity contribution in [3.63, 3.8) is 0 Å². The molecule has 1 aromatic heterocycles. The van der Waals surface area contributed by atoms with E-state index in [4.69, 9.17) is 10.7 Å². The Hall–Kier alpha value is -3.18. The average molecular weight is 359 g/mol. The van der Waals surface area contributed by atoms with E-state index in [2.05, 4.69) is 23.1 Å². The molecule has 4 rings (SSSR count). The highest BCUT2D eigenvalue weighted by Crippen LogP contribution is 2.34.